The molecule has 2 amide bonds. The molecule has 2 saturated heterocycles. The number of imide groups is 1. The quantitative estimate of drug-likeness (QED) is 0.738. The van der Waals surface area contributed by atoms with Gasteiger partial charge in [-0.3, -0.25) is 14.9 Å². The highest BCUT2D eigenvalue weighted by Crippen LogP contribution is 2.40. The maximum atomic E-state index is 11.9. The molecule has 3 rings (SSSR count). The van der Waals surface area contributed by atoms with E-state index >= 15 is 0 Å². The number of hydrogen-bond acceptors (Lipinski definition) is 6. The van der Waals surface area contributed by atoms with Crippen molar-refractivity contribution in [2.45, 2.75) is 12.8 Å². The summed E-state index contributed by atoms with van der Waals surface area (Å²) in [5.41, 5.74) is -0.611. The monoisotopic (exact) mass is 262 g/mol. The van der Waals surface area contributed by atoms with Gasteiger partial charge in [-0.05, 0) is 6.42 Å². The topological polar surface area (TPSA) is 84.4 Å². The number of hydrogen-bond donors (Lipinski definition) is 1. The summed E-state index contributed by atoms with van der Waals surface area (Å²) < 4.78 is 5.17. The Kier molecular flexibility index (Phi) is 2.62. The minimum atomic E-state index is -0.611. The lowest BCUT2D eigenvalue weighted by atomic mass is 9.85. The molecule has 0 aromatic carbocycles. The van der Waals surface area contributed by atoms with Crippen molar-refractivity contribution in [2.75, 3.05) is 25.1 Å². The predicted molar refractivity (Wildman–Crippen MR) is 65.6 cm³/mol. The summed E-state index contributed by atoms with van der Waals surface area (Å²) in [6, 6.07) is 0. The van der Waals surface area contributed by atoms with Crippen LogP contribution in [0, 0.1) is 5.41 Å². The van der Waals surface area contributed by atoms with Crippen LogP contribution in [-0.2, 0) is 9.59 Å². The van der Waals surface area contributed by atoms with Gasteiger partial charge in [-0.15, -0.1) is 0 Å². The Morgan fingerprint density at radius 2 is 2.16 bits per heavy atom. The second-order valence-corrected chi connectivity index (χ2v) is 4.90. The Morgan fingerprint density at radius 3 is 2.84 bits per heavy atom. The number of ether oxygens (including phenoxy) is 1. The van der Waals surface area contributed by atoms with Crippen molar-refractivity contribution in [2.24, 2.45) is 5.41 Å². The van der Waals surface area contributed by atoms with Gasteiger partial charge in [-0.2, -0.15) is 0 Å². The van der Waals surface area contributed by atoms with Gasteiger partial charge in [0.1, 0.15) is 0 Å². The smallest absolute Gasteiger partial charge is 0.257 e. The van der Waals surface area contributed by atoms with Crippen LogP contribution in [0.15, 0.2) is 12.4 Å². The van der Waals surface area contributed by atoms with Crippen molar-refractivity contribution >= 4 is 17.6 Å². The van der Waals surface area contributed by atoms with Gasteiger partial charge in [0.05, 0.1) is 12.5 Å². The molecular formula is C12H14N4O3. The summed E-state index contributed by atoms with van der Waals surface area (Å²) in [5.74, 6) is 0.680. The van der Waals surface area contributed by atoms with E-state index in [9.17, 15) is 9.59 Å². The van der Waals surface area contributed by atoms with E-state index < -0.39 is 5.41 Å². The van der Waals surface area contributed by atoms with E-state index in [0.29, 0.717) is 31.2 Å². The van der Waals surface area contributed by atoms with Gasteiger partial charge in [0.25, 0.3) is 5.88 Å². The summed E-state index contributed by atoms with van der Waals surface area (Å²) in [6.45, 7) is 1.13. The molecule has 2 aliphatic rings. The average molecular weight is 262 g/mol. The van der Waals surface area contributed by atoms with Crippen LogP contribution in [-0.4, -0.2) is 42.0 Å². The standard InChI is InChI=1S/C12H14N4O3/c1-19-10-9(13-3-4-14-10)16-5-2-12(7-16)6-8(17)15-11(12)18/h3-4H,2,5-7H2,1H3,(H,15,17,18)/t12-/m1/s1. The summed E-state index contributed by atoms with van der Waals surface area (Å²) >= 11 is 0. The number of carbonyl (C=O) groups is 2. The van der Waals surface area contributed by atoms with Crippen LogP contribution in [0.4, 0.5) is 5.82 Å². The van der Waals surface area contributed by atoms with Crippen LogP contribution in [0.1, 0.15) is 12.8 Å². The first-order valence-corrected chi connectivity index (χ1v) is 6.09. The number of nitrogens with zero attached hydrogens (tertiary/aromatic N) is 3. The van der Waals surface area contributed by atoms with E-state index in [1.165, 1.54) is 7.11 Å². The second-order valence-electron chi connectivity index (χ2n) is 4.90. The third-order valence-corrected chi connectivity index (χ3v) is 3.73. The summed E-state index contributed by atoms with van der Waals surface area (Å²) in [4.78, 5) is 33.6. The van der Waals surface area contributed by atoms with Crippen LogP contribution in [0.3, 0.4) is 0 Å². The third-order valence-electron chi connectivity index (χ3n) is 3.73. The molecule has 1 atom stereocenters. The van der Waals surface area contributed by atoms with Crippen LogP contribution in [0.25, 0.3) is 0 Å². The van der Waals surface area contributed by atoms with Gasteiger partial charge in [-0.1, -0.05) is 0 Å². The molecule has 7 heteroatoms. The molecule has 1 N–H and O–H groups in total. The molecule has 0 radical (unpaired) electrons. The maximum Gasteiger partial charge on any atom is 0.257 e. The molecule has 100 valence electrons. The third kappa shape index (κ3) is 1.81. The lowest BCUT2D eigenvalue weighted by Crippen LogP contribution is -2.34. The van der Waals surface area contributed by atoms with Gasteiger partial charge in [0, 0.05) is 31.9 Å². The minimum Gasteiger partial charge on any atom is -0.478 e. The number of aromatic nitrogens is 2. The van der Waals surface area contributed by atoms with Crippen molar-refractivity contribution < 1.29 is 14.3 Å². The zero-order valence-corrected chi connectivity index (χ0v) is 10.5. The van der Waals surface area contributed by atoms with Gasteiger partial charge in [-0.25, -0.2) is 9.97 Å². The summed E-state index contributed by atoms with van der Waals surface area (Å²) in [7, 11) is 1.53. The normalized spacial score (nSPS) is 26.1. The van der Waals surface area contributed by atoms with Crippen molar-refractivity contribution in [3.63, 3.8) is 0 Å². The van der Waals surface area contributed by atoms with Gasteiger partial charge in [0.15, 0.2) is 5.82 Å². The number of nitrogens with one attached hydrogen (secondary N) is 1. The van der Waals surface area contributed by atoms with E-state index in [0.717, 1.165) is 0 Å². The zero-order valence-electron chi connectivity index (χ0n) is 10.5. The number of rotatable bonds is 2. The van der Waals surface area contributed by atoms with Gasteiger partial charge >= 0.3 is 0 Å². The fourth-order valence-electron chi connectivity index (χ4n) is 2.75. The molecule has 7 nitrogen and oxygen atoms in total. The average Bonchev–Trinajstić information content (AvgIpc) is 2.95. The first kappa shape index (κ1) is 11.9. The van der Waals surface area contributed by atoms with Crippen LogP contribution >= 0.6 is 0 Å². The highest BCUT2D eigenvalue weighted by Gasteiger charge is 2.51. The summed E-state index contributed by atoms with van der Waals surface area (Å²) in [5, 5.41) is 2.38. The molecule has 1 spiro atoms. The van der Waals surface area contributed by atoms with E-state index in [1.54, 1.807) is 12.4 Å². The number of anilines is 1. The van der Waals surface area contributed by atoms with Crippen LogP contribution in [0.5, 0.6) is 5.88 Å². The fourth-order valence-corrected chi connectivity index (χ4v) is 2.75. The Hall–Kier alpha value is -2.18. The van der Waals surface area contributed by atoms with E-state index in [1.807, 2.05) is 4.90 Å². The highest BCUT2D eigenvalue weighted by atomic mass is 16.5. The first-order valence-electron chi connectivity index (χ1n) is 6.09. The molecule has 1 aromatic rings. The lowest BCUT2D eigenvalue weighted by Gasteiger charge is -2.21. The van der Waals surface area contributed by atoms with Crippen molar-refractivity contribution in [3.05, 3.63) is 12.4 Å². The Labute approximate surface area is 110 Å². The molecular weight excluding hydrogens is 248 g/mol. The van der Waals surface area contributed by atoms with E-state index in [-0.39, 0.29) is 18.2 Å². The molecule has 1 aromatic heterocycles. The zero-order chi connectivity index (χ0) is 13.5. The van der Waals surface area contributed by atoms with Gasteiger partial charge in [0.2, 0.25) is 11.8 Å². The van der Waals surface area contributed by atoms with Crippen LogP contribution in [0.2, 0.25) is 0 Å². The second kappa shape index (κ2) is 4.18. The SMILES string of the molecule is COc1nccnc1N1CC[C@@]2(CC(=O)NC2=O)C1. The highest BCUT2D eigenvalue weighted by molar-refractivity contribution is 6.06. The molecule has 0 aliphatic carbocycles. The molecule has 0 bridgehead atoms. The van der Waals surface area contributed by atoms with E-state index in [4.69, 9.17) is 4.74 Å². The first-order chi connectivity index (χ1) is 9.14. The fraction of sp³-hybridized carbons (Fsp3) is 0.500. The molecule has 0 unspecified atom stereocenters. The lowest BCUT2D eigenvalue weighted by molar-refractivity contribution is -0.127. The van der Waals surface area contributed by atoms with Gasteiger partial charge < -0.3 is 9.64 Å². The Bertz CT molecular complexity index is 548. The molecule has 19 heavy (non-hydrogen) atoms. The molecule has 2 fully saturated rings. The number of methoxy groups -OCH3 is 1. The molecule has 2 aliphatic heterocycles. The van der Waals surface area contributed by atoms with Crippen molar-refractivity contribution in [3.8, 4) is 5.88 Å². The van der Waals surface area contributed by atoms with E-state index in [2.05, 4.69) is 15.3 Å². The number of amides is 2. The minimum absolute atomic E-state index is 0.178. The summed E-state index contributed by atoms with van der Waals surface area (Å²) in [6.07, 6.45) is 4.04. The maximum absolute atomic E-state index is 11.9. The Morgan fingerprint density at radius 1 is 1.37 bits per heavy atom. The molecule has 3 heterocycles. The van der Waals surface area contributed by atoms with Crippen molar-refractivity contribution in [1.82, 2.24) is 15.3 Å². The largest absolute Gasteiger partial charge is 0.478 e. The van der Waals surface area contributed by atoms with Crippen molar-refractivity contribution in [1.29, 1.82) is 0 Å². The Balaban J connectivity index is 1.86. The van der Waals surface area contributed by atoms with Crippen LogP contribution < -0.4 is 15.0 Å². The number of carbonyl (C=O) groups excluding carboxylic acids is 2. The predicted octanol–water partition coefficient (Wildman–Crippen LogP) is -0.272. The molecule has 0 saturated carbocycles.